The third-order valence-corrected chi connectivity index (χ3v) is 9.58. The lowest BCUT2D eigenvalue weighted by Crippen LogP contribution is -2.49. The number of carbonyl (C=O) groups excluding carboxylic acids is 3. The summed E-state index contributed by atoms with van der Waals surface area (Å²) in [7, 11) is 2.19. The Balaban J connectivity index is 1.00. The summed E-state index contributed by atoms with van der Waals surface area (Å²) >= 11 is 0. The van der Waals surface area contributed by atoms with E-state index < -0.39 is 5.41 Å². The molecule has 0 radical (unpaired) electrons. The van der Waals surface area contributed by atoms with Crippen molar-refractivity contribution in [1.29, 1.82) is 0 Å². The molecule has 0 spiro atoms. The average molecular weight is 595 g/mol. The van der Waals surface area contributed by atoms with Crippen LogP contribution < -0.4 is 5.73 Å². The van der Waals surface area contributed by atoms with Gasteiger partial charge in [-0.05, 0) is 68.6 Å². The van der Waals surface area contributed by atoms with Crippen molar-refractivity contribution < 1.29 is 14.4 Å². The number of fused-ring (bicyclic) bond motifs is 1. The highest BCUT2D eigenvalue weighted by Crippen LogP contribution is 2.43. The summed E-state index contributed by atoms with van der Waals surface area (Å²) in [6, 6.07) is 27.2. The third-order valence-electron chi connectivity index (χ3n) is 9.58. The Morgan fingerprint density at radius 1 is 0.750 bits per heavy atom. The number of likely N-dealkylation sites (N-methyl/N-ethyl adjacent to an activating group) is 1. The summed E-state index contributed by atoms with van der Waals surface area (Å²) in [5, 5.41) is 0. The van der Waals surface area contributed by atoms with Gasteiger partial charge in [0.2, 0.25) is 5.91 Å². The predicted octanol–water partition coefficient (Wildman–Crippen LogP) is 5.35. The zero-order valence-corrected chi connectivity index (χ0v) is 26.0. The van der Waals surface area contributed by atoms with Gasteiger partial charge in [-0.2, -0.15) is 0 Å². The van der Waals surface area contributed by atoms with Crippen molar-refractivity contribution in [3.8, 4) is 0 Å². The Morgan fingerprint density at radius 2 is 1.27 bits per heavy atom. The molecule has 0 saturated carbocycles. The van der Waals surface area contributed by atoms with Gasteiger partial charge in [0.1, 0.15) is 5.41 Å². The van der Waals surface area contributed by atoms with Crippen LogP contribution >= 0.6 is 0 Å². The smallest absolute Gasteiger partial charge is 0.261 e. The highest BCUT2D eigenvalue weighted by molar-refractivity contribution is 6.21. The van der Waals surface area contributed by atoms with Crippen LogP contribution in [0, 0.1) is 5.92 Å². The van der Waals surface area contributed by atoms with Crippen LogP contribution in [-0.2, 0) is 10.2 Å². The fourth-order valence-electron chi connectivity index (χ4n) is 7.14. The second kappa shape index (κ2) is 14.8. The molecule has 5 rings (SSSR count). The van der Waals surface area contributed by atoms with Crippen molar-refractivity contribution in [2.24, 2.45) is 11.7 Å². The van der Waals surface area contributed by atoms with Gasteiger partial charge >= 0.3 is 0 Å². The van der Waals surface area contributed by atoms with Crippen LogP contribution in [0.2, 0.25) is 0 Å². The van der Waals surface area contributed by atoms with Gasteiger partial charge in [0, 0.05) is 26.2 Å². The molecule has 2 aliphatic rings. The molecule has 3 aromatic rings. The molecule has 0 bridgehead atoms. The topological polar surface area (TPSA) is 87.0 Å². The normalized spacial score (nSPS) is 17.0. The standard InChI is InChI=1S/C37H46N4O3/c1-39(23-14-4-2-3-5-15-24-41-34(42)32-20-12-13-21-33(32)35(41)43)26-27-40-25-22-31(28-40)37(36(38)44,29-16-8-6-9-17-29)30-18-10-7-11-19-30/h6-13,16-21,31H,2-5,14-15,22-28H2,1H3,(H2,38,44). The van der Waals surface area contributed by atoms with E-state index in [0.29, 0.717) is 17.7 Å². The first kappa shape index (κ1) is 31.6. The van der Waals surface area contributed by atoms with Gasteiger partial charge in [-0.25, -0.2) is 0 Å². The van der Waals surface area contributed by atoms with Gasteiger partial charge in [0.05, 0.1) is 11.1 Å². The Kier molecular flexibility index (Phi) is 10.6. The number of likely N-dealkylation sites (tertiary alicyclic amines) is 1. The van der Waals surface area contributed by atoms with Crippen LogP contribution in [0.5, 0.6) is 0 Å². The Bertz CT molecular complexity index is 1340. The number of amides is 3. The SMILES string of the molecule is CN(CCCCCCCCN1C(=O)c2ccccc2C1=O)CCN1CCC(C(C(N)=O)(c2ccccc2)c2ccccc2)C1. The predicted molar refractivity (Wildman–Crippen MR) is 174 cm³/mol. The maximum atomic E-state index is 13.3. The summed E-state index contributed by atoms with van der Waals surface area (Å²) < 4.78 is 0. The fraction of sp³-hybridized carbons (Fsp3) is 0.432. The van der Waals surface area contributed by atoms with Gasteiger partial charge in [-0.1, -0.05) is 98.5 Å². The van der Waals surface area contributed by atoms with Gasteiger partial charge in [0.25, 0.3) is 11.8 Å². The lowest BCUT2D eigenvalue weighted by atomic mass is 9.64. The highest BCUT2D eigenvalue weighted by atomic mass is 16.2. The van der Waals surface area contributed by atoms with Crippen molar-refractivity contribution in [3.63, 3.8) is 0 Å². The van der Waals surface area contributed by atoms with Crippen molar-refractivity contribution >= 4 is 17.7 Å². The van der Waals surface area contributed by atoms with Crippen molar-refractivity contribution in [1.82, 2.24) is 14.7 Å². The summed E-state index contributed by atoms with van der Waals surface area (Å²) in [6.07, 6.45) is 7.43. The number of nitrogens with two attached hydrogens (primary N) is 1. The molecule has 232 valence electrons. The number of benzene rings is 3. The van der Waals surface area contributed by atoms with Crippen molar-refractivity contribution in [3.05, 3.63) is 107 Å². The van der Waals surface area contributed by atoms with Crippen LogP contribution in [-0.4, -0.2) is 78.7 Å². The molecule has 1 atom stereocenters. The number of unbranched alkanes of at least 4 members (excludes halogenated alkanes) is 5. The van der Waals surface area contributed by atoms with E-state index in [2.05, 4.69) is 16.8 Å². The van der Waals surface area contributed by atoms with E-state index in [1.54, 1.807) is 24.3 Å². The molecule has 7 heteroatoms. The van der Waals surface area contributed by atoms with Gasteiger partial charge < -0.3 is 15.5 Å². The first-order valence-corrected chi connectivity index (χ1v) is 16.2. The number of rotatable bonds is 16. The molecule has 0 aromatic heterocycles. The summed E-state index contributed by atoms with van der Waals surface area (Å²) in [5.74, 6) is -0.468. The number of carbonyl (C=O) groups is 3. The summed E-state index contributed by atoms with van der Waals surface area (Å²) in [5.41, 5.74) is 8.43. The van der Waals surface area contributed by atoms with Gasteiger partial charge in [-0.15, -0.1) is 0 Å². The van der Waals surface area contributed by atoms with E-state index >= 15 is 0 Å². The largest absolute Gasteiger partial charge is 0.369 e. The quantitative estimate of drug-likeness (QED) is 0.179. The number of primary amides is 1. The highest BCUT2D eigenvalue weighted by Gasteiger charge is 2.49. The zero-order valence-electron chi connectivity index (χ0n) is 26.0. The molecule has 2 aliphatic heterocycles. The molecule has 2 heterocycles. The number of hydrogen-bond acceptors (Lipinski definition) is 5. The molecule has 7 nitrogen and oxygen atoms in total. The Morgan fingerprint density at radius 3 is 1.84 bits per heavy atom. The van der Waals surface area contributed by atoms with Crippen molar-refractivity contribution in [2.45, 2.75) is 50.4 Å². The molecule has 0 aliphatic carbocycles. The molecular formula is C37H46N4O3. The number of imide groups is 1. The lowest BCUT2D eigenvalue weighted by molar-refractivity contribution is -0.123. The van der Waals surface area contributed by atoms with Crippen LogP contribution in [0.25, 0.3) is 0 Å². The molecular weight excluding hydrogens is 548 g/mol. The maximum Gasteiger partial charge on any atom is 0.261 e. The van der Waals surface area contributed by atoms with E-state index in [1.807, 2.05) is 60.7 Å². The van der Waals surface area contributed by atoms with E-state index in [9.17, 15) is 14.4 Å². The Labute approximate surface area is 262 Å². The molecule has 1 fully saturated rings. The minimum Gasteiger partial charge on any atom is -0.369 e. The minimum absolute atomic E-state index is 0.118. The minimum atomic E-state index is -0.840. The van der Waals surface area contributed by atoms with E-state index in [1.165, 1.54) is 11.3 Å². The molecule has 1 unspecified atom stereocenters. The molecule has 2 N–H and O–H groups in total. The number of nitrogens with zero attached hydrogens (tertiary/aromatic N) is 3. The zero-order chi connectivity index (χ0) is 30.9. The molecule has 3 amide bonds. The number of hydrogen-bond donors (Lipinski definition) is 1. The van der Waals surface area contributed by atoms with Crippen LogP contribution in [0.3, 0.4) is 0 Å². The van der Waals surface area contributed by atoms with Crippen LogP contribution in [0.15, 0.2) is 84.9 Å². The van der Waals surface area contributed by atoms with Crippen molar-refractivity contribution in [2.75, 3.05) is 46.3 Å². The molecule has 1 saturated heterocycles. The van der Waals surface area contributed by atoms with E-state index in [4.69, 9.17) is 5.73 Å². The lowest BCUT2D eigenvalue weighted by Gasteiger charge is -2.37. The average Bonchev–Trinajstić information content (AvgIpc) is 3.61. The fourth-order valence-corrected chi connectivity index (χ4v) is 7.14. The van der Waals surface area contributed by atoms with E-state index in [-0.39, 0.29) is 23.6 Å². The van der Waals surface area contributed by atoms with Gasteiger partial charge in [-0.3, -0.25) is 19.3 Å². The Hall–Kier alpha value is -3.81. The molecule has 44 heavy (non-hydrogen) atoms. The first-order chi connectivity index (χ1) is 21.4. The van der Waals surface area contributed by atoms with Crippen LogP contribution in [0.4, 0.5) is 0 Å². The second-order valence-electron chi connectivity index (χ2n) is 12.4. The van der Waals surface area contributed by atoms with Gasteiger partial charge in [0.15, 0.2) is 0 Å². The molecule has 3 aromatic carbocycles. The van der Waals surface area contributed by atoms with E-state index in [0.717, 1.165) is 82.4 Å². The van der Waals surface area contributed by atoms with Crippen LogP contribution in [0.1, 0.15) is 76.8 Å². The second-order valence-corrected chi connectivity index (χ2v) is 12.4. The summed E-state index contributed by atoms with van der Waals surface area (Å²) in [6.45, 7) is 5.35. The first-order valence-electron chi connectivity index (χ1n) is 16.2. The maximum absolute atomic E-state index is 13.3. The summed E-state index contributed by atoms with van der Waals surface area (Å²) in [4.78, 5) is 44.6. The monoisotopic (exact) mass is 594 g/mol. The third kappa shape index (κ3) is 6.79.